The molecule has 0 unspecified atom stereocenters. The molecule has 2 atom stereocenters. The summed E-state index contributed by atoms with van der Waals surface area (Å²) in [6.45, 7) is 0.602. The number of aromatic amines is 1. The predicted octanol–water partition coefficient (Wildman–Crippen LogP) is -1.22. The van der Waals surface area contributed by atoms with Crippen molar-refractivity contribution in [3.63, 3.8) is 0 Å². The van der Waals surface area contributed by atoms with E-state index in [0.29, 0.717) is 18.8 Å². The van der Waals surface area contributed by atoms with Gasteiger partial charge >= 0.3 is 0 Å². The van der Waals surface area contributed by atoms with Crippen LogP contribution in [-0.2, 0) is 0 Å². The number of rotatable bonds is 1. The van der Waals surface area contributed by atoms with E-state index < -0.39 is 0 Å². The lowest BCUT2D eigenvalue weighted by molar-refractivity contribution is 0.193. The van der Waals surface area contributed by atoms with E-state index in [9.17, 15) is 5.11 Å². The normalized spacial score (nSPS) is 29.4. The number of nitrogens with two attached hydrogens (primary N) is 1. The Morgan fingerprint density at radius 3 is 2.92 bits per heavy atom. The largest absolute Gasteiger partial charge is 0.392 e. The van der Waals surface area contributed by atoms with Crippen molar-refractivity contribution in [2.24, 2.45) is 0 Å². The summed E-state index contributed by atoms with van der Waals surface area (Å²) in [5.41, 5.74) is 5.34. The summed E-state index contributed by atoms with van der Waals surface area (Å²) in [7, 11) is 0. The number of nitrogens with zero attached hydrogens (tertiary/aromatic N) is 2. The Bertz CT molecular complexity index is 273. The predicted molar refractivity (Wildman–Crippen MR) is 42.2 cm³/mol. The third-order valence-corrected chi connectivity index (χ3v) is 1.96. The molecule has 0 radical (unpaired) electrons. The van der Waals surface area contributed by atoms with Crippen LogP contribution in [0.15, 0.2) is 0 Å². The van der Waals surface area contributed by atoms with E-state index in [1.54, 1.807) is 0 Å². The lowest BCUT2D eigenvalue weighted by Crippen LogP contribution is -2.15. The summed E-state index contributed by atoms with van der Waals surface area (Å²) in [5.74, 6) is 0.942. The molecule has 1 fully saturated rings. The van der Waals surface area contributed by atoms with Gasteiger partial charge in [0, 0.05) is 6.54 Å². The molecule has 2 heterocycles. The summed E-state index contributed by atoms with van der Waals surface area (Å²) in [6.07, 6.45) is 0.371. The van der Waals surface area contributed by atoms with E-state index in [1.807, 2.05) is 0 Å². The molecule has 1 aromatic rings. The van der Waals surface area contributed by atoms with Crippen molar-refractivity contribution in [1.82, 2.24) is 20.5 Å². The van der Waals surface area contributed by atoms with Crippen LogP contribution in [0, 0.1) is 0 Å². The number of aliphatic hydroxyl groups is 1. The van der Waals surface area contributed by atoms with Crippen molar-refractivity contribution < 1.29 is 5.11 Å². The monoisotopic (exact) mass is 169 g/mol. The fraction of sp³-hybridized carbons (Fsp3) is 0.667. The number of aromatic nitrogens is 3. The van der Waals surface area contributed by atoms with E-state index in [-0.39, 0.29) is 18.1 Å². The third-order valence-electron chi connectivity index (χ3n) is 1.96. The van der Waals surface area contributed by atoms with E-state index in [4.69, 9.17) is 5.73 Å². The number of hydrogen-bond donors (Lipinski definition) is 4. The summed E-state index contributed by atoms with van der Waals surface area (Å²) >= 11 is 0. The highest BCUT2D eigenvalue weighted by atomic mass is 16.3. The van der Waals surface area contributed by atoms with Crippen LogP contribution < -0.4 is 11.1 Å². The lowest BCUT2D eigenvalue weighted by atomic mass is 10.2. The molecule has 0 aliphatic carbocycles. The summed E-state index contributed by atoms with van der Waals surface area (Å²) in [6, 6.07) is 0.0600. The quantitative estimate of drug-likeness (QED) is 0.422. The number of nitrogen functional groups attached to an aromatic ring is 1. The van der Waals surface area contributed by atoms with Gasteiger partial charge < -0.3 is 16.2 Å². The van der Waals surface area contributed by atoms with Gasteiger partial charge in [-0.15, -0.1) is 5.10 Å². The second kappa shape index (κ2) is 2.72. The van der Waals surface area contributed by atoms with E-state index in [0.717, 1.165) is 0 Å². The molecule has 0 spiro atoms. The van der Waals surface area contributed by atoms with Crippen LogP contribution in [0.1, 0.15) is 18.3 Å². The van der Waals surface area contributed by atoms with Gasteiger partial charge in [-0.25, -0.2) is 0 Å². The molecule has 6 nitrogen and oxygen atoms in total. The third kappa shape index (κ3) is 1.26. The van der Waals surface area contributed by atoms with Crippen LogP contribution in [0.5, 0.6) is 0 Å². The van der Waals surface area contributed by atoms with Crippen molar-refractivity contribution in [3.05, 3.63) is 5.82 Å². The van der Waals surface area contributed by atoms with Gasteiger partial charge in [-0.05, 0) is 6.42 Å². The highest BCUT2D eigenvalue weighted by Gasteiger charge is 2.25. The second-order valence-electron chi connectivity index (χ2n) is 2.93. The molecule has 12 heavy (non-hydrogen) atoms. The maximum absolute atomic E-state index is 9.21. The zero-order valence-corrected chi connectivity index (χ0v) is 6.49. The number of β-amino-alcohol motifs (C(OH)–C–C–N with tert-alkyl or cyclic N) is 1. The SMILES string of the molecule is Nc1n[nH]c([C@H]2C[C@@H](O)CN2)n1. The molecular formula is C6H11N5O. The summed E-state index contributed by atoms with van der Waals surface area (Å²) < 4.78 is 0. The van der Waals surface area contributed by atoms with Crippen molar-refractivity contribution in [2.45, 2.75) is 18.6 Å². The van der Waals surface area contributed by atoms with Crippen LogP contribution in [0.2, 0.25) is 0 Å². The van der Waals surface area contributed by atoms with Crippen LogP contribution >= 0.6 is 0 Å². The molecule has 0 saturated carbocycles. The van der Waals surface area contributed by atoms with Crippen molar-refractivity contribution in [2.75, 3.05) is 12.3 Å². The highest BCUT2D eigenvalue weighted by Crippen LogP contribution is 2.19. The van der Waals surface area contributed by atoms with E-state index in [2.05, 4.69) is 20.5 Å². The van der Waals surface area contributed by atoms with Gasteiger partial charge in [0.25, 0.3) is 0 Å². The molecule has 0 bridgehead atoms. The van der Waals surface area contributed by atoms with Crippen LogP contribution in [0.3, 0.4) is 0 Å². The van der Waals surface area contributed by atoms with Gasteiger partial charge in [0.05, 0.1) is 12.1 Å². The molecule has 0 amide bonds. The molecule has 2 rings (SSSR count). The first-order valence-corrected chi connectivity index (χ1v) is 3.85. The fourth-order valence-electron chi connectivity index (χ4n) is 1.37. The summed E-state index contributed by atoms with van der Waals surface area (Å²) in [5, 5.41) is 18.7. The zero-order chi connectivity index (χ0) is 8.55. The number of aliphatic hydroxyl groups excluding tert-OH is 1. The minimum absolute atomic E-state index is 0.0600. The van der Waals surface area contributed by atoms with E-state index >= 15 is 0 Å². The Balaban J connectivity index is 2.11. The first-order chi connectivity index (χ1) is 5.75. The Kier molecular flexibility index (Phi) is 1.70. The topological polar surface area (TPSA) is 99.8 Å². The van der Waals surface area contributed by atoms with Gasteiger partial charge in [0.1, 0.15) is 5.82 Å². The van der Waals surface area contributed by atoms with Gasteiger partial charge in [-0.2, -0.15) is 4.98 Å². The van der Waals surface area contributed by atoms with Crippen molar-refractivity contribution in [1.29, 1.82) is 0 Å². The minimum Gasteiger partial charge on any atom is -0.392 e. The Labute approximate surface area is 69.2 Å². The summed E-state index contributed by atoms with van der Waals surface area (Å²) in [4.78, 5) is 3.96. The molecule has 6 heteroatoms. The van der Waals surface area contributed by atoms with Gasteiger partial charge in [-0.1, -0.05) is 0 Å². The molecule has 1 aliphatic heterocycles. The molecule has 66 valence electrons. The molecule has 1 aromatic heterocycles. The standard InChI is InChI=1S/C6H11N5O/c7-6-9-5(10-11-6)4-1-3(12)2-8-4/h3-4,8,12H,1-2H2,(H3,7,9,10,11)/t3-,4-/m1/s1. The Morgan fingerprint density at radius 1 is 1.58 bits per heavy atom. The fourth-order valence-corrected chi connectivity index (χ4v) is 1.37. The average Bonchev–Trinajstić information content (AvgIpc) is 2.58. The number of hydrogen-bond acceptors (Lipinski definition) is 5. The van der Waals surface area contributed by atoms with Crippen LogP contribution in [0.4, 0.5) is 5.95 Å². The lowest BCUT2D eigenvalue weighted by Gasteiger charge is -2.03. The zero-order valence-electron chi connectivity index (χ0n) is 6.49. The van der Waals surface area contributed by atoms with Crippen molar-refractivity contribution >= 4 is 5.95 Å². The smallest absolute Gasteiger partial charge is 0.239 e. The molecular weight excluding hydrogens is 158 g/mol. The van der Waals surface area contributed by atoms with Crippen molar-refractivity contribution in [3.8, 4) is 0 Å². The first-order valence-electron chi connectivity index (χ1n) is 3.85. The molecule has 0 aromatic carbocycles. The minimum atomic E-state index is -0.290. The number of H-pyrrole nitrogens is 1. The number of nitrogens with one attached hydrogen (secondary N) is 2. The first kappa shape index (κ1) is 7.51. The van der Waals surface area contributed by atoms with Gasteiger partial charge in [0.15, 0.2) is 0 Å². The Hall–Kier alpha value is -1.14. The molecule has 1 saturated heterocycles. The molecule has 5 N–H and O–H groups in total. The maximum atomic E-state index is 9.21. The number of anilines is 1. The van der Waals surface area contributed by atoms with Gasteiger partial charge in [-0.3, -0.25) is 5.10 Å². The maximum Gasteiger partial charge on any atom is 0.239 e. The van der Waals surface area contributed by atoms with Gasteiger partial charge in [0.2, 0.25) is 5.95 Å². The average molecular weight is 169 g/mol. The van der Waals surface area contributed by atoms with E-state index in [1.165, 1.54) is 0 Å². The highest BCUT2D eigenvalue weighted by molar-refractivity contribution is 5.15. The van der Waals surface area contributed by atoms with Crippen LogP contribution in [-0.4, -0.2) is 32.9 Å². The Morgan fingerprint density at radius 2 is 2.42 bits per heavy atom. The second-order valence-corrected chi connectivity index (χ2v) is 2.93. The van der Waals surface area contributed by atoms with Crippen LogP contribution in [0.25, 0.3) is 0 Å². The molecule has 1 aliphatic rings.